The van der Waals surface area contributed by atoms with Gasteiger partial charge in [-0.25, -0.2) is 0 Å². The molecule has 22 heavy (non-hydrogen) atoms. The number of nitrogens with one attached hydrogen (secondary N) is 1. The molecule has 1 N–H and O–H groups in total. The average Bonchev–Trinajstić information content (AvgIpc) is 2.55. The summed E-state index contributed by atoms with van der Waals surface area (Å²) in [5, 5.41) is 3.70. The molecule has 0 saturated heterocycles. The third-order valence-electron chi connectivity index (χ3n) is 3.72. The molecular formula is C19H22ClNO. The van der Waals surface area contributed by atoms with Gasteiger partial charge in [0.05, 0.1) is 0 Å². The van der Waals surface area contributed by atoms with Crippen LogP contribution in [0.4, 0.5) is 0 Å². The maximum atomic E-state index is 11.9. The van der Waals surface area contributed by atoms with E-state index in [4.69, 9.17) is 11.6 Å². The van der Waals surface area contributed by atoms with Crippen LogP contribution in [-0.4, -0.2) is 12.5 Å². The highest BCUT2D eigenvalue weighted by Gasteiger charge is 2.02. The number of carbonyl (C=O) groups is 1. The number of benzene rings is 2. The Kier molecular flexibility index (Phi) is 6.47. The lowest BCUT2D eigenvalue weighted by Crippen LogP contribution is -2.25. The molecule has 1 amide bonds. The van der Waals surface area contributed by atoms with Crippen molar-refractivity contribution in [3.05, 3.63) is 70.2 Å². The van der Waals surface area contributed by atoms with Crippen LogP contribution in [0, 0.1) is 0 Å². The van der Waals surface area contributed by atoms with Crippen molar-refractivity contribution in [2.24, 2.45) is 0 Å². The summed E-state index contributed by atoms with van der Waals surface area (Å²) in [5.41, 5.74) is 3.72. The van der Waals surface area contributed by atoms with Crippen LogP contribution in [0.25, 0.3) is 0 Å². The molecule has 0 unspecified atom stereocenters. The molecule has 0 spiro atoms. The molecule has 0 aromatic heterocycles. The molecule has 0 aliphatic carbocycles. The fourth-order valence-electron chi connectivity index (χ4n) is 2.29. The van der Waals surface area contributed by atoms with E-state index in [9.17, 15) is 4.79 Å². The van der Waals surface area contributed by atoms with Crippen LogP contribution in [-0.2, 0) is 24.1 Å². The van der Waals surface area contributed by atoms with Gasteiger partial charge < -0.3 is 5.32 Å². The monoisotopic (exact) mass is 315 g/mol. The van der Waals surface area contributed by atoms with Crippen LogP contribution in [0.5, 0.6) is 0 Å². The number of rotatable bonds is 7. The molecule has 0 aliphatic rings. The summed E-state index contributed by atoms with van der Waals surface area (Å²) >= 11 is 5.84. The molecule has 0 fully saturated rings. The van der Waals surface area contributed by atoms with E-state index in [1.165, 1.54) is 16.7 Å². The molecule has 2 aromatic carbocycles. The highest BCUT2D eigenvalue weighted by molar-refractivity contribution is 6.30. The second-order valence-electron chi connectivity index (χ2n) is 5.40. The topological polar surface area (TPSA) is 29.1 Å². The summed E-state index contributed by atoms with van der Waals surface area (Å²) in [5.74, 6) is 0.105. The Morgan fingerprint density at radius 1 is 0.909 bits per heavy atom. The van der Waals surface area contributed by atoms with E-state index in [0.29, 0.717) is 13.0 Å². The summed E-state index contributed by atoms with van der Waals surface area (Å²) in [4.78, 5) is 11.9. The Hall–Kier alpha value is -1.80. The second kappa shape index (κ2) is 8.60. The molecule has 2 aromatic rings. The molecule has 3 heteroatoms. The fourth-order valence-corrected chi connectivity index (χ4v) is 2.41. The first kappa shape index (κ1) is 16.6. The summed E-state index contributed by atoms with van der Waals surface area (Å²) in [6, 6.07) is 16.2. The Morgan fingerprint density at radius 2 is 1.45 bits per heavy atom. The zero-order valence-corrected chi connectivity index (χ0v) is 13.7. The quantitative estimate of drug-likeness (QED) is 0.815. The van der Waals surface area contributed by atoms with Crippen LogP contribution in [0.3, 0.4) is 0 Å². The minimum absolute atomic E-state index is 0.105. The predicted octanol–water partition coefficient (Wildman–Crippen LogP) is 4.19. The molecule has 2 rings (SSSR count). The summed E-state index contributed by atoms with van der Waals surface area (Å²) < 4.78 is 0. The Bertz CT molecular complexity index is 590. The molecule has 0 aliphatic heterocycles. The van der Waals surface area contributed by atoms with Gasteiger partial charge in [0, 0.05) is 18.0 Å². The van der Waals surface area contributed by atoms with Gasteiger partial charge in [0.15, 0.2) is 0 Å². The van der Waals surface area contributed by atoms with Crippen molar-refractivity contribution in [2.75, 3.05) is 6.54 Å². The van der Waals surface area contributed by atoms with E-state index in [1.807, 2.05) is 24.3 Å². The van der Waals surface area contributed by atoms with E-state index in [1.54, 1.807) is 0 Å². The molecule has 0 heterocycles. The Labute approximate surface area is 137 Å². The number of halogens is 1. The maximum Gasteiger partial charge on any atom is 0.220 e. The minimum Gasteiger partial charge on any atom is -0.356 e. The highest BCUT2D eigenvalue weighted by Crippen LogP contribution is 2.10. The molecule has 0 bridgehead atoms. The number of carbonyl (C=O) groups excluding carboxylic acids is 1. The molecule has 116 valence electrons. The first-order chi connectivity index (χ1) is 10.7. The van der Waals surface area contributed by atoms with Crippen LogP contribution >= 0.6 is 11.6 Å². The van der Waals surface area contributed by atoms with Crippen molar-refractivity contribution >= 4 is 17.5 Å². The molecule has 2 nitrogen and oxygen atoms in total. The van der Waals surface area contributed by atoms with E-state index in [2.05, 4.69) is 36.5 Å². The number of aryl methyl sites for hydroxylation is 2. The van der Waals surface area contributed by atoms with Crippen molar-refractivity contribution < 1.29 is 4.79 Å². The van der Waals surface area contributed by atoms with Crippen molar-refractivity contribution in [1.29, 1.82) is 0 Å². The lowest BCUT2D eigenvalue weighted by Gasteiger charge is -2.06. The summed E-state index contributed by atoms with van der Waals surface area (Å²) in [6.45, 7) is 2.80. The molecule has 0 atom stereocenters. The lowest BCUT2D eigenvalue weighted by atomic mass is 10.1. The van der Waals surface area contributed by atoms with Gasteiger partial charge in [0.25, 0.3) is 0 Å². The van der Waals surface area contributed by atoms with Crippen LogP contribution < -0.4 is 5.32 Å². The van der Waals surface area contributed by atoms with Gasteiger partial charge in [-0.15, -0.1) is 0 Å². The van der Waals surface area contributed by atoms with Gasteiger partial charge in [-0.1, -0.05) is 54.9 Å². The smallest absolute Gasteiger partial charge is 0.220 e. The SMILES string of the molecule is CCc1ccc(CCC(=O)NCCc2ccc(Cl)cc2)cc1. The van der Waals surface area contributed by atoms with Crippen LogP contribution in [0.15, 0.2) is 48.5 Å². The fraction of sp³-hybridized carbons (Fsp3) is 0.316. The van der Waals surface area contributed by atoms with Gasteiger partial charge in [0.2, 0.25) is 5.91 Å². The summed E-state index contributed by atoms with van der Waals surface area (Å²) in [7, 11) is 0. The number of amides is 1. The normalized spacial score (nSPS) is 10.5. The molecule has 0 saturated carbocycles. The average molecular weight is 316 g/mol. The summed E-state index contributed by atoms with van der Waals surface area (Å²) in [6.07, 6.45) is 3.20. The molecule has 0 radical (unpaired) electrons. The van der Waals surface area contributed by atoms with Gasteiger partial charge in [-0.3, -0.25) is 4.79 Å². The van der Waals surface area contributed by atoms with Crippen molar-refractivity contribution in [3.8, 4) is 0 Å². The Morgan fingerprint density at radius 3 is 2.09 bits per heavy atom. The van der Waals surface area contributed by atoms with Crippen LogP contribution in [0.1, 0.15) is 30.0 Å². The van der Waals surface area contributed by atoms with E-state index in [-0.39, 0.29) is 5.91 Å². The number of hydrogen-bond donors (Lipinski definition) is 1. The largest absolute Gasteiger partial charge is 0.356 e. The van der Waals surface area contributed by atoms with E-state index < -0.39 is 0 Å². The maximum absolute atomic E-state index is 11.9. The van der Waals surface area contributed by atoms with Crippen molar-refractivity contribution in [3.63, 3.8) is 0 Å². The second-order valence-corrected chi connectivity index (χ2v) is 5.83. The standard InChI is InChI=1S/C19H22ClNO/c1-2-15-3-5-16(6-4-15)9-12-19(22)21-14-13-17-7-10-18(20)11-8-17/h3-8,10-11H,2,9,12-14H2,1H3,(H,21,22). The van der Waals surface area contributed by atoms with Gasteiger partial charge >= 0.3 is 0 Å². The highest BCUT2D eigenvalue weighted by atomic mass is 35.5. The van der Waals surface area contributed by atoms with E-state index in [0.717, 1.165) is 24.3 Å². The van der Waals surface area contributed by atoms with Crippen LogP contribution in [0.2, 0.25) is 5.02 Å². The number of hydrogen-bond acceptors (Lipinski definition) is 1. The predicted molar refractivity (Wildman–Crippen MR) is 92.3 cm³/mol. The van der Waals surface area contributed by atoms with Gasteiger partial charge in [0.1, 0.15) is 0 Å². The van der Waals surface area contributed by atoms with Gasteiger partial charge in [-0.05, 0) is 48.1 Å². The Balaban J connectivity index is 1.68. The van der Waals surface area contributed by atoms with E-state index >= 15 is 0 Å². The zero-order valence-electron chi connectivity index (χ0n) is 12.9. The first-order valence-corrected chi connectivity index (χ1v) is 8.14. The first-order valence-electron chi connectivity index (χ1n) is 7.76. The minimum atomic E-state index is 0.105. The lowest BCUT2D eigenvalue weighted by molar-refractivity contribution is -0.121. The third-order valence-corrected chi connectivity index (χ3v) is 3.97. The van der Waals surface area contributed by atoms with Crippen molar-refractivity contribution in [2.45, 2.75) is 32.6 Å². The third kappa shape index (κ3) is 5.53. The molecular weight excluding hydrogens is 294 g/mol. The van der Waals surface area contributed by atoms with Crippen molar-refractivity contribution in [1.82, 2.24) is 5.32 Å². The van der Waals surface area contributed by atoms with Gasteiger partial charge in [-0.2, -0.15) is 0 Å². The zero-order chi connectivity index (χ0) is 15.8.